The van der Waals surface area contributed by atoms with E-state index < -0.39 is 17.7 Å². The van der Waals surface area contributed by atoms with Crippen molar-refractivity contribution in [1.82, 2.24) is 0 Å². The molecule has 29 heavy (non-hydrogen) atoms. The van der Waals surface area contributed by atoms with Gasteiger partial charge in [-0.2, -0.15) is 13.2 Å². The topological polar surface area (TPSA) is 49.7 Å². The van der Waals surface area contributed by atoms with Gasteiger partial charge in [-0.15, -0.1) is 0 Å². The predicted molar refractivity (Wildman–Crippen MR) is 113 cm³/mol. The molecule has 1 aromatic rings. The number of carbonyl (C=O) groups is 1. The minimum Gasteiger partial charge on any atom is -0.478 e. The summed E-state index contributed by atoms with van der Waals surface area (Å²) in [6, 6.07) is 5.38. The van der Waals surface area contributed by atoms with E-state index in [1.165, 1.54) is 19.1 Å². The molecule has 0 aliphatic heterocycles. The molecule has 0 bridgehead atoms. The Balaban J connectivity index is 0.000000571. The minimum absolute atomic E-state index is 0.249. The number of halogens is 3. The maximum atomic E-state index is 12.1. The summed E-state index contributed by atoms with van der Waals surface area (Å²) in [7, 11) is 0. The fourth-order valence-corrected chi connectivity index (χ4v) is 2.06. The fraction of sp³-hybridized carbons (Fsp3) is 0.304. The number of aryl methyl sites for hydroxylation is 1. The fourth-order valence-electron chi connectivity index (χ4n) is 2.06. The van der Waals surface area contributed by atoms with Crippen LogP contribution in [0.25, 0.3) is 0 Å². The van der Waals surface area contributed by atoms with Crippen LogP contribution in [-0.4, -0.2) is 16.8 Å². The van der Waals surface area contributed by atoms with Crippen LogP contribution in [0.15, 0.2) is 77.0 Å². The third-order valence-electron chi connectivity index (χ3n) is 3.97. The van der Waals surface area contributed by atoms with Crippen molar-refractivity contribution in [3.63, 3.8) is 0 Å². The summed E-state index contributed by atoms with van der Waals surface area (Å²) >= 11 is 0. The van der Waals surface area contributed by atoms with Crippen LogP contribution in [-0.2, 0) is 17.4 Å². The quantitative estimate of drug-likeness (QED) is 0.321. The molecule has 0 radical (unpaired) electrons. The van der Waals surface area contributed by atoms with Gasteiger partial charge in [0.2, 0.25) is 0 Å². The van der Waals surface area contributed by atoms with Gasteiger partial charge in [-0.1, -0.05) is 56.0 Å². The van der Waals surface area contributed by atoms with E-state index in [2.05, 4.69) is 11.6 Å². The molecule has 1 N–H and O–H groups in total. The zero-order chi connectivity index (χ0) is 22.6. The second-order valence-corrected chi connectivity index (χ2v) is 6.12. The molecule has 0 saturated carbocycles. The molecule has 1 aromatic carbocycles. The summed E-state index contributed by atoms with van der Waals surface area (Å²) in [5.74, 6) is -0.948. The summed E-state index contributed by atoms with van der Waals surface area (Å²) in [5.41, 5.74) is 2.52. The number of allylic oxidation sites excluding steroid dienone is 6. The normalized spacial score (nSPS) is 13.5. The second-order valence-electron chi connectivity index (χ2n) is 6.12. The SMILES string of the molecule is C=CC(=C\C=C/C)/C(C)=N\C(C)=C(/C)C(=O)O.CCc1cccc(C(F)(F)F)c1. The number of rotatable bonds is 6. The number of alkyl halides is 3. The van der Waals surface area contributed by atoms with E-state index in [0.29, 0.717) is 17.7 Å². The van der Waals surface area contributed by atoms with E-state index in [-0.39, 0.29) is 5.57 Å². The maximum absolute atomic E-state index is 12.1. The first-order chi connectivity index (χ1) is 13.5. The van der Waals surface area contributed by atoms with Gasteiger partial charge in [0.15, 0.2) is 0 Å². The van der Waals surface area contributed by atoms with Gasteiger partial charge in [0.05, 0.1) is 11.1 Å². The highest BCUT2D eigenvalue weighted by Gasteiger charge is 2.30. The summed E-state index contributed by atoms with van der Waals surface area (Å²) in [5, 5.41) is 8.83. The van der Waals surface area contributed by atoms with Gasteiger partial charge >= 0.3 is 12.1 Å². The highest BCUT2D eigenvalue weighted by atomic mass is 19.4. The number of carboxylic acid groups (broad SMARTS) is 1. The number of nitrogens with zero attached hydrogens (tertiary/aromatic N) is 1. The van der Waals surface area contributed by atoms with E-state index in [4.69, 9.17) is 5.11 Å². The molecular weight excluding hydrogens is 379 g/mol. The average molecular weight is 407 g/mol. The minimum atomic E-state index is -4.22. The predicted octanol–water partition coefficient (Wildman–Crippen LogP) is 6.78. The molecule has 0 amide bonds. The molecule has 0 saturated heterocycles. The molecule has 6 heteroatoms. The Labute approximate surface area is 170 Å². The lowest BCUT2D eigenvalue weighted by molar-refractivity contribution is -0.137. The van der Waals surface area contributed by atoms with Crippen molar-refractivity contribution in [2.75, 3.05) is 0 Å². The molecule has 158 valence electrons. The van der Waals surface area contributed by atoms with Crippen LogP contribution >= 0.6 is 0 Å². The molecule has 0 spiro atoms. The average Bonchev–Trinajstić information content (AvgIpc) is 2.67. The summed E-state index contributed by atoms with van der Waals surface area (Å²) in [6.45, 7) is 12.5. The van der Waals surface area contributed by atoms with Crippen molar-refractivity contribution in [3.8, 4) is 0 Å². The van der Waals surface area contributed by atoms with E-state index in [1.54, 1.807) is 19.1 Å². The van der Waals surface area contributed by atoms with Crippen LogP contribution in [0, 0.1) is 0 Å². The smallest absolute Gasteiger partial charge is 0.416 e. The van der Waals surface area contributed by atoms with Crippen molar-refractivity contribution in [2.45, 2.75) is 47.2 Å². The number of benzene rings is 1. The molecule has 0 aliphatic carbocycles. The van der Waals surface area contributed by atoms with Gasteiger partial charge in [0.1, 0.15) is 0 Å². The van der Waals surface area contributed by atoms with Crippen LogP contribution in [0.3, 0.4) is 0 Å². The number of aliphatic carboxylic acids is 1. The van der Waals surface area contributed by atoms with Crippen molar-refractivity contribution in [3.05, 3.63) is 83.1 Å². The number of aliphatic imine (C=N–C) groups is 1. The molecule has 0 fully saturated rings. The van der Waals surface area contributed by atoms with Crippen molar-refractivity contribution >= 4 is 11.7 Å². The molecular formula is C23H28F3NO2. The Morgan fingerprint density at radius 2 is 1.86 bits per heavy atom. The molecule has 0 atom stereocenters. The van der Waals surface area contributed by atoms with Gasteiger partial charge in [0, 0.05) is 11.4 Å². The molecule has 1 rings (SSSR count). The molecule has 0 unspecified atom stereocenters. The zero-order valence-corrected chi connectivity index (χ0v) is 17.5. The van der Waals surface area contributed by atoms with Crippen LogP contribution in [0.5, 0.6) is 0 Å². The third-order valence-corrected chi connectivity index (χ3v) is 3.97. The Bertz CT molecular complexity index is 829. The van der Waals surface area contributed by atoms with Crippen LogP contribution in [0.4, 0.5) is 13.2 Å². The maximum Gasteiger partial charge on any atom is 0.416 e. The van der Waals surface area contributed by atoms with E-state index in [1.807, 2.05) is 39.0 Å². The molecule has 0 heterocycles. The van der Waals surface area contributed by atoms with E-state index >= 15 is 0 Å². The monoisotopic (exact) mass is 407 g/mol. The highest BCUT2D eigenvalue weighted by Crippen LogP contribution is 2.29. The first kappa shape index (κ1) is 26.1. The Hall–Kier alpha value is -2.89. The molecule has 0 aromatic heterocycles. The molecule has 3 nitrogen and oxygen atoms in total. The van der Waals surface area contributed by atoms with Gasteiger partial charge in [-0.25, -0.2) is 4.79 Å². The van der Waals surface area contributed by atoms with E-state index in [0.717, 1.165) is 17.4 Å². The summed E-state index contributed by atoms with van der Waals surface area (Å²) < 4.78 is 36.3. The van der Waals surface area contributed by atoms with Crippen molar-refractivity contribution < 1.29 is 23.1 Å². The number of carboxylic acids is 1. The van der Waals surface area contributed by atoms with Crippen molar-refractivity contribution in [2.24, 2.45) is 4.99 Å². The number of hydrogen-bond donors (Lipinski definition) is 1. The first-order valence-corrected chi connectivity index (χ1v) is 9.05. The first-order valence-electron chi connectivity index (χ1n) is 9.05. The van der Waals surface area contributed by atoms with Gasteiger partial charge in [-0.3, -0.25) is 4.99 Å². The van der Waals surface area contributed by atoms with Crippen LogP contribution in [0.2, 0.25) is 0 Å². The highest BCUT2D eigenvalue weighted by molar-refractivity contribution is 6.01. The lowest BCUT2D eigenvalue weighted by Crippen LogP contribution is -2.04. The van der Waals surface area contributed by atoms with Crippen LogP contribution in [0.1, 0.15) is 45.7 Å². The van der Waals surface area contributed by atoms with Gasteiger partial charge < -0.3 is 5.11 Å². The third kappa shape index (κ3) is 9.74. The standard InChI is InChI=1S/C14H19NO2.C9H9F3/c1-6-8-9-13(7-2)12(5)15-11(4)10(3)14(16)17;1-2-7-4-3-5-8(6-7)9(10,11)12/h6-9H,2H2,1,3-5H3,(H,16,17);3-6H,2H2,1H3/b8-6-,11-10+,13-9+,15-12-;. The summed E-state index contributed by atoms with van der Waals surface area (Å²) in [4.78, 5) is 15.0. The van der Waals surface area contributed by atoms with Crippen LogP contribution < -0.4 is 0 Å². The van der Waals surface area contributed by atoms with Gasteiger partial charge in [-0.05, 0) is 51.3 Å². The lowest BCUT2D eigenvalue weighted by Gasteiger charge is -2.06. The zero-order valence-electron chi connectivity index (χ0n) is 17.5. The largest absolute Gasteiger partial charge is 0.478 e. The summed E-state index contributed by atoms with van der Waals surface area (Å²) in [6.07, 6.45) is 3.79. The van der Waals surface area contributed by atoms with Crippen molar-refractivity contribution in [1.29, 1.82) is 0 Å². The van der Waals surface area contributed by atoms with Gasteiger partial charge in [0.25, 0.3) is 0 Å². The Morgan fingerprint density at radius 1 is 1.24 bits per heavy atom. The lowest BCUT2D eigenvalue weighted by atomic mass is 10.1. The second kappa shape index (κ2) is 12.5. The van der Waals surface area contributed by atoms with E-state index in [9.17, 15) is 18.0 Å². The molecule has 0 aliphatic rings. The Morgan fingerprint density at radius 3 is 2.31 bits per heavy atom. The number of hydrogen-bond acceptors (Lipinski definition) is 2. The Kier molecular flexibility index (Phi) is 11.3.